The van der Waals surface area contributed by atoms with Crippen molar-refractivity contribution in [3.05, 3.63) is 52.8 Å². The van der Waals surface area contributed by atoms with E-state index in [4.69, 9.17) is 0 Å². The Morgan fingerprint density at radius 2 is 2.00 bits per heavy atom. The van der Waals surface area contributed by atoms with Crippen LogP contribution in [0.3, 0.4) is 0 Å². The fourth-order valence-corrected chi connectivity index (χ4v) is 2.17. The summed E-state index contributed by atoms with van der Waals surface area (Å²) in [6, 6.07) is 9.16. The number of benzene rings is 1. The molecule has 0 spiro atoms. The Balaban J connectivity index is 2.27. The van der Waals surface area contributed by atoms with Gasteiger partial charge in [-0.2, -0.15) is 0 Å². The van der Waals surface area contributed by atoms with Crippen LogP contribution in [0, 0.1) is 0 Å². The van der Waals surface area contributed by atoms with Crippen molar-refractivity contribution >= 4 is 33.2 Å². The van der Waals surface area contributed by atoms with Gasteiger partial charge in [0.1, 0.15) is 0 Å². The van der Waals surface area contributed by atoms with Crippen molar-refractivity contribution < 1.29 is 4.79 Å². The van der Waals surface area contributed by atoms with E-state index in [2.05, 4.69) is 26.2 Å². The van der Waals surface area contributed by atoms with Gasteiger partial charge in [-0.25, -0.2) is 0 Å². The highest BCUT2D eigenvalue weighted by atomic mass is 79.9. The number of aromatic nitrogens is 1. The number of halogens is 1. The van der Waals surface area contributed by atoms with Gasteiger partial charge in [-0.15, -0.1) is 0 Å². The molecule has 19 heavy (non-hydrogen) atoms. The van der Waals surface area contributed by atoms with Crippen LogP contribution in [-0.2, 0) is 0 Å². The molecule has 0 saturated heterocycles. The molecule has 0 saturated carbocycles. The average Bonchev–Trinajstić information content (AvgIpc) is 2.39. The number of nitrogens with zero attached hydrogens (tertiary/aromatic N) is 2. The predicted octanol–water partition coefficient (Wildman–Crippen LogP) is 3.16. The second kappa shape index (κ2) is 5.84. The molecule has 1 heterocycles. The Bertz CT molecular complexity index is 599. The van der Waals surface area contributed by atoms with E-state index in [1.165, 1.54) is 0 Å². The zero-order chi connectivity index (χ0) is 13.8. The predicted molar refractivity (Wildman–Crippen MR) is 80.7 cm³/mol. The van der Waals surface area contributed by atoms with E-state index >= 15 is 0 Å². The van der Waals surface area contributed by atoms with Crippen LogP contribution >= 0.6 is 15.9 Å². The molecule has 1 N–H and O–H groups in total. The molecule has 1 aromatic carbocycles. The summed E-state index contributed by atoms with van der Waals surface area (Å²) in [6.07, 6.45) is 3.34. The highest BCUT2D eigenvalue weighted by Crippen LogP contribution is 2.24. The molecule has 2 aromatic rings. The molecule has 2 rings (SSSR count). The molecule has 0 aliphatic heterocycles. The summed E-state index contributed by atoms with van der Waals surface area (Å²) in [4.78, 5) is 18.2. The SMILES string of the molecule is CN(C)c1ccncc1NC(=O)c1ccccc1Br. The molecule has 0 aliphatic carbocycles. The zero-order valence-corrected chi connectivity index (χ0v) is 12.3. The zero-order valence-electron chi connectivity index (χ0n) is 10.7. The van der Waals surface area contributed by atoms with Gasteiger partial charge in [-0.05, 0) is 34.1 Å². The molecule has 4 nitrogen and oxygen atoms in total. The van der Waals surface area contributed by atoms with Gasteiger partial charge < -0.3 is 10.2 Å². The van der Waals surface area contributed by atoms with Gasteiger partial charge in [0, 0.05) is 24.8 Å². The Morgan fingerprint density at radius 3 is 2.68 bits per heavy atom. The summed E-state index contributed by atoms with van der Waals surface area (Å²) in [5.74, 6) is -0.163. The minimum Gasteiger partial charge on any atom is -0.376 e. The number of hydrogen-bond donors (Lipinski definition) is 1. The maximum absolute atomic E-state index is 12.2. The number of anilines is 2. The first kappa shape index (κ1) is 13.5. The fourth-order valence-electron chi connectivity index (χ4n) is 1.71. The first-order valence-corrected chi connectivity index (χ1v) is 6.56. The van der Waals surface area contributed by atoms with Gasteiger partial charge in [0.05, 0.1) is 23.1 Å². The summed E-state index contributed by atoms with van der Waals surface area (Å²) in [5.41, 5.74) is 2.19. The van der Waals surface area contributed by atoms with Crippen molar-refractivity contribution in [3.63, 3.8) is 0 Å². The van der Waals surface area contributed by atoms with Crippen molar-refractivity contribution in [3.8, 4) is 0 Å². The molecule has 0 aliphatic rings. The van der Waals surface area contributed by atoms with Crippen LogP contribution in [0.15, 0.2) is 47.2 Å². The molecule has 1 amide bonds. The molecule has 0 atom stereocenters. The van der Waals surface area contributed by atoms with Gasteiger partial charge in [-0.3, -0.25) is 9.78 Å². The van der Waals surface area contributed by atoms with Crippen LogP contribution in [-0.4, -0.2) is 25.0 Å². The van der Waals surface area contributed by atoms with Gasteiger partial charge in [-0.1, -0.05) is 12.1 Å². The Labute approximate surface area is 120 Å². The van der Waals surface area contributed by atoms with Gasteiger partial charge in [0.15, 0.2) is 0 Å². The normalized spacial score (nSPS) is 10.1. The molecular weight excluding hydrogens is 306 g/mol. The minimum absolute atomic E-state index is 0.163. The largest absolute Gasteiger partial charge is 0.376 e. The van der Waals surface area contributed by atoms with Crippen LogP contribution in [0.2, 0.25) is 0 Å². The Morgan fingerprint density at radius 1 is 1.26 bits per heavy atom. The third-order valence-corrected chi connectivity index (χ3v) is 3.34. The van der Waals surface area contributed by atoms with Crippen LogP contribution < -0.4 is 10.2 Å². The van der Waals surface area contributed by atoms with E-state index in [0.717, 1.165) is 10.2 Å². The van der Waals surface area contributed by atoms with E-state index < -0.39 is 0 Å². The van der Waals surface area contributed by atoms with Gasteiger partial charge in [0.2, 0.25) is 0 Å². The quantitative estimate of drug-likeness (QED) is 0.945. The first-order chi connectivity index (χ1) is 9.09. The molecule has 1 aromatic heterocycles. The van der Waals surface area contributed by atoms with Crippen molar-refractivity contribution in [2.24, 2.45) is 0 Å². The summed E-state index contributed by atoms with van der Waals surface area (Å²) >= 11 is 3.37. The highest BCUT2D eigenvalue weighted by molar-refractivity contribution is 9.10. The van der Waals surface area contributed by atoms with E-state index in [1.54, 1.807) is 18.5 Å². The first-order valence-electron chi connectivity index (χ1n) is 5.77. The standard InChI is InChI=1S/C14H14BrN3O/c1-18(2)13-7-8-16-9-12(13)17-14(19)10-5-3-4-6-11(10)15/h3-9H,1-2H3,(H,17,19). The lowest BCUT2D eigenvalue weighted by Crippen LogP contribution is -2.17. The lowest BCUT2D eigenvalue weighted by molar-refractivity contribution is 0.102. The number of amides is 1. The van der Waals surface area contributed by atoms with Crippen LogP contribution in [0.4, 0.5) is 11.4 Å². The minimum atomic E-state index is -0.163. The molecule has 0 fully saturated rings. The van der Waals surface area contributed by atoms with Crippen LogP contribution in [0.1, 0.15) is 10.4 Å². The summed E-state index contributed by atoms with van der Waals surface area (Å²) in [7, 11) is 3.84. The van der Waals surface area contributed by atoms with E-state index in [1.807, 2.05) is 43.3 Å². The molecule has 0 unspecified atom stereocenters. The summed E-state index contributed by atoms with van der Waals surface area (Å²) in [5, 5.41) is 2.88. The number of pyridine rings is 1. The molecule has 98 valence electrons. The van der Waals surface area contributed by atoms with Crippen molar-refractivity contribution in [1.29, 1.82) is 0 Å². The third kappa shape index (κ3) is 3.12. The summed E-state index contributed by atoms with van der Waals surface area (Å²) in [6.45, 7) is 0. The van der Waals surface area contributed by atoms with Crippen LogP contribution in [0.5, 0.6) is 0 Å². The van der Waals surface area contributed by atoms with Crippen molar-refractivity contribution in [1.82, 2.24) is 4.98 Å². The third-order valence-electron chi connectivity index (χ3n) is 2.65. The van der Waals surface area contributed by atoms with Crippen molar-refractivity contribution in [2.45, 2.75) is 0 Å². The number of nitrogens with one attached hydrogen (secondary N) is 1. The smallest absolute Gasteiger partial charge is 0.256 e. The van der Waals surface area contributed by atoms with E-state index in [0.29, 0.717) is 11.3 Å². The number of hydrogen-bond acceptors (Lipinski definition) is 3. The second-order valence-electron chi connectivity index (χ2n) is 4.22. The number of carbonyl (C=O) groups excluding carboxylic acids is 1. The second-order valence-corrected chi connectivity index (χ2v) is 5.08. The van der Waals surface area contributed by atoms with E-state index in [9.17, 15) is 4.79 Å². The Hall–Kier alpha value is -1.88. The molecule has 5 heteroatoms. The topological polar surface area (TPSA) is 45.2 Å². The molecule has 0 bridgehead atoms. The molecule has 0 radical (unpaired) electrons. The Kier molecular flexibility index (Phi) is 4.16. The number of rotatable bonds is 3. The average molecular weight is 320 g/mol. The number of carbonyl (C=O) groups is 1. The van der Waals surface area contributed by atoms with Gasteiger partial charge in [0.25, 0.3) is 5.91 Å². The van der Waals surface area contributed by atoms with Crippen molar-refractivity contribution in [2.75, 3.05) is 24.3 Å². The maximum atomic E-state index is 12.2. The van der Waals surface area contributed by atoms with Crippen LogP contribution in [0.25, 0.3) is 0 Å². The van der Waals surface area contributed by atoms with Gasteiger partial charge >= 0.3 is 0 Å². The van der Waals surface area contributed by atoms with E-state index in [-0.39, 0.29) is 5.91 Å². The monoisotopic (exact) mass is 319 g/mol. The summed E-state index contributed by atoms with van der Waals surface area (Å²) < 4.78 is 0.766. The lowest BCUT2D eigenvalue weighted by atomic mass is 10.2. The highest BCUT2D eigenvalue weighted by Gasteiger charge is 2.12. The lowest BCUT2D eigenvalue weighted by Gasteiger charge is -2.17. The fraction of sp³-hybridized carbons (Fsp3) is 0.143. The maximum Gasteiger partial charge on any atom is 0.256 e. The molecular formula is C14H14BrN3O.